The molecule has 7 nitrogen and oxygen atoms in total. The first-order valence-corrected chi connectivity index (χ1v) is 18.6. The normalized spacial score (nSPS) is 27.4. The third-order valence-corrected chi connectivity index (χ3v) is 10.1. The van der Waals surface area contributed by atoms with E-state index in [9.17, 15) is 20.1 Å². The molecule has 0 radical (unpaired) electrons. The van der Waals surface area contributed by atoms with Gasteiger partial charge in [-0.15, -0.1) is 0 Å². The van der Waals surface area contributed by atoms with Crippen LogP contribution in [0.4, 0.5) is 0 Å². The molecule has 3 aliphatic heterocycles. The van der Waals surface area contributed by atoms with E-state index in [0.717, 1.165) is 89.0 Å². The lowest BCUT2D eigenvalue weighted by molar-refractivity contribution is -0.139. The van der Waals surface area contributed by atoms with E-state index in [4.69, 9.17) is 14.2 Å². The van der Waals surface area contributed by atoms with Crippen LogP contribution in [0.15, 0.2) is 11.6 Å². The average Bonchev–Trinajstić information content (AvgIpc) is 3.76. The number of hydrogen-bond acceptors (Lipinski definition) is 7. The van der Waals surface area contributed by atoms with Gasteiger partial charge in [0.2, 0.25) is 0 Å². The molecule has 3 aliphatic rings. The molecule has 0 aromatic carbocycles. The lowest BCUT2D eigenvalue weighted by atomic mass is 9.98. The maximum atomic E-state index is 11.7. The molecule has 2 fully saturated rings. The maximum absolute atomic E-state index is 11.7. The molecule has 0 spiro atoms. The summed E-state index contributed by atoms with van der Waals surface area (Å²) in [6, 6.07) is 0. The number of cyclic esters (lactones) is 1. The third kappa shape index (κ3) is 14.2. The van der Waals surface area contributed by atoms with Crippen molar-refractivity contribution in [3.05, 3.63) is 11.6 Å². The van der Waals surface area contributed by atoms with Gasteiger partial charge in [0, 0.05) is 5.57 Å². The van der Waals surface area contributed by atoms with Crippen molar-refractivity contribution in [1.29, 1.82) is 0 Å². The number of aliphatic hydroxyl groups is 3. The Morgan fingerprint density at radius 3 is 1.75 bits per heavy atom. The zero-order chi connectivity index (χ0) is 31.6. The molecule has 0 aromatic rings. The van der Waals surface area contributed by atoms with Crippen LogP contribution in [0, 0.1) is 0 Å². The Labute approximate surface area is 268 Å². The van der Waals surface area contributed by atoms with Crippen LogP contribution in [-0.2, 0) is 19.0 Å². The van der Waals surface area contributed by atoms with Crippen molar-refractivity contribution in [3.63, 3.8) is 0 Å². The molecule has 3 rings (SSSR count). The molecule has 3 heterocycles. The summed E-state index contributed by atoms with van der Waals surface area (Å²) in [5.41, 5.74) is 0.836. The molecular formula is C37H66O7. The van der Waals surface area contributed by atoms with Gasteiger partial charge in [-0.25, -0.2) is 4.79 Å². The average molecular weight is 623 g/mol. The molecule has 8 atom stereocenters. The predicted octanol–water partition coefficient (Wildman–Crippen LogP) is 7.86. The topological polar surface area (TPSA) is 105 Å². The van der Waals surface area contributed by atoms with Crippen LogP contribution in [0.2, 0.25) is 0 Å². The van der Waals surface area contributed by atoms with Crippen molar-refractivity contribution in [2.75, 3.05) is 0 Å². The lowest BCUT2D eigenvalue weighted by Crippen LogP contribution is -2.33. The zero-order valence-corrected chi connectivity index (χ0v) is 28.1. The molecule has 44 heavy (non-hydrogen) atoms. The molecule has 3 N–H and O–H groups in total. The summed E-state index contributed by atoms with van der Waals surface area (Å²) < 4.78 is 17.4. The summed E-state index contributed by atoms with van der Waals surface area (Å²) in [4.78, 5) is 11.7. The van der Waals surface area contributed by atoms with Crippen molar-refractivity contribution >= 4 is 5.97 Å². The second-order valence-electron chi connectivity index (χ2n) is 14.0. The van der Waals surface area contributed by atoms with Crippen LogP contribution < -0.4 is 0 Å². The fourth-order valence-electron chi connectivity index (χ4n) is 7.26. The number of esters is 1. The van der Waals surface area contributed by atoms with Gasteiger partial charge in [-0.2, -0.15) is 0 Å². The molecular weight excluding hydrogens is 556 g/mol. The fourth-order valence-corrected chi connectivity index (χ4v) is 7.26. The van der Waals surface area contributed by atoms with Gasteiger partial charge in [-0.05, 0) is 77.2 Å². The minimum absolute atomic E-state index is 0.0748. The fraction of sp³-hybridized carbons (Fsp3) is 0.919. The summed E-state index contributed by atoms with van der Waals surface area (Å²) in [6.07, 6.45) is 25.4. The number of aliphatic hydroxyl groups excluding tert-OH is 3. The number of carbonyl (C=O) groups is 1. The second kappa shape index (κ2) is 21.7. The number of unbranched alkanes of at least 4 members (excludes halogenated alkanes) is 13. The highest BCUT2D eigenvalue weighted by Crippen LogP contribution is 2.31. The van der Waals surface area contributed by atoms with Gasteiger partial charge in [0.05, 0.1) is 42.7 Å². The summed E-state index contributed by atoms with van der Waals surface area (Å²) >= 11 is 0. The molecule has 0 aromatic heterocycles. The van der Waals surface area contributed by atoms with Crippen LogP contribution in [0.5, 0.6) is 0 Å². The van der Waals surface area contributed by atoms with E-state index < -0.39 is 18.3 Å². The molecule has 0 aliphatic carbocycles. The van der Waals surface area contributed by atoms with Gasteiger partial charge in [-0.3, -0.25) is 0 Å². The Kier molecular flexibility index (Phi) is 18.5. The monoisotopic (exact) mass is 622 g/mol. The molecule has 0 amide bonds. The van der Waals surface area contributed by atoms with Gasteiger partial charge >= 0.3 is 5.97 Å². The van der Waals surface area contributed by atoms with E-state index >= 15 is 0 Å². The van der Waals surface area contributed by atoms with E-state index in [1.54, 1.807) is 0 Å². The van der Waals surface area contributed by atoms with E-state index in [1.165, 1.54) is 57.8 Å². The van der Waals surface area contributed by atoms with Gasteiger partial charge in [0.1, 0.15) is 6.10 Å². The summed E-state index contributed by atoms with van der Waals surface area (Å²) in [6.45, 7) is 4.16. The Hall–Kier alpha value is -0.990. The first-order chi connectivity index (χ1) is 21.4. The third-order valence-electron chi connectivity index (χ3n) is 10.1. The Balaban J connectivity index is 1.16. The van der Waals surface area contributed by atoms with E-state index in [-0.39, 0.29) is 36.5 Å². The molecule has 256 valence electrons. The minimum atomic E-state index is -0.615. The van der Waals surface area contributed by atoms with Gasteiger partial charge in [0.15, 0.2) is 0 Å². The maximum Gasteiger partial charge on any atom is 0.334 e. The van der Waals surface area contributed by atoms with Crippen LogP contribution in [-0.4, -0.2) is 70.1 Å². The quantitative estimate of drug-likeness (QED) is 0.0703. The van der Waals surface area contributed by atoms with E-state index in [1.807, 2.05) is 13.0 Å². The van der Waals surface area contributed by atoms with Crippen LogP contribution in [0.1, 0.15) is 168 Å². The molecule has 0 saturated carbocycles. The SMILES string of the molecule is CCCCCCCCCCCC[C@@H](O)[C@H]1CC[C@H]([C@H](O)CC[C@H](O)[C@@H]2CC[C@@H](CCCCCCCC3=C[C@@H](C)OC3=O)O2)O1. The first kappa shape index (κ1) is 37.5. The van der Waals surface area contributed by atoms with Crippen molar-refractivity contribution in [2.24, 2.45) is 0 Å². The summed E-state index contributed by atoms with van der Waals surface area (Å²) in [7, 11) is 0. The molecule has 0 unspecified atom stereocenters. The van der Waals surface area contributed by atoms with Crippen molar-refractivity contribution in [2.45, 2.75) is 217 Å². The largest absolute Gasteiger partial charge is 0.455 e. The first-order valence-electron chi connectivity index (χ1n) is 18.6. The summed E-state index contributed by atoms with van der Waals surface area (Å²) in [5.74, 6) is -0.146. The van der Waals surface area contributed by atoms with Crippen molar-refractivity contribution < 1.29 is 34.3 Å². The van der Waals surface area contributed by atoms with Gasteiger partial charge in [-0.1, -0.05) is 96.8 Å². The van der Waals surface area contributed by atoms with Crippen LogP contribution >= 0.6 is 0 Å². The molecule has 7 heteroatoms. The predicted molar refractivity (Wildman–Crippen MR) is 175 cm³/mol. The zero-order valence-electron chi connectivity index (χ0n) is 28.1. The second-order valence-corrected chi connectivity index (χ2v) is 14.0. The summed E-state index contributed by atoms with van der Waals surface area (Å²) in [5, 5.41) is 32.2. The number of carbonyl (C=O) groups excluding carboxylic acids is 1. The molecule has 2 saturated heterocycles. The lowest BCUT2D eigenvalue weighted by Gasteiger charge is -2.24. The van der Waals surface area contributed by atoms with Crippen LogP contribution in [0.25, 0.3) is 0 Å². The Morgan fingerprint density at radius 1 is 0.659 bits per heavy atom. The highest BCUT2D eigenvalue weighted by Gasteiger charge is 2.36. The molecule has 0 bridgehead atoms. The van der Waals surface area contributed by atoms with E-state index in [0.29, 0.717) is 12.8 Å². The number of hydrogen-bond donors (Lipinski definition) is 3. The highest BCUT2D eigenvalue weighted by molar-refractivity contribution is 5.90. The minimum Gasteiger partial charge on any atom is -0.455 e. The van der Waals surface area contributed by atoms with Crippen LogP contribution in [0.3, 0.4) is 0 Å². The highest BCUT2D eigenvalue weighted by atomic mass is 16.5. The number of rotatable bonds is 25. The van der Waals surface area contributed by atoms with Gasteiger partial charge < -0.3 is 29.5 Å². The van der Waals surface area contributed by atoms with E-state index in [2.05, 4.69) is 6.92 Å². The van der Waals surface area contributed by atoms with Crippen molar-refractivity contribution in [3.8, 4) is 0 Å². The number of ether oxygens (including phenoxy) is 3. The Bertz CT molecular complexity index is 801. The smallest absolute Gasteiger partial charge is 0.334 e. The standard InChI is InChI=1S/C37H66O7/c1-3-4-5-6-7-8-9-10-14-17-20-31(38)35-25-26-36(44-35)33(40)23-22-32(39)34-24-21-30(43-34)19-16-13-11-12-15-18-29-27-28(2)42-37(29)41/h27-28,30-36,38-40H,3-26H2,1-2H3/t28-,30-,31-,32+,33-,34+,35-,36-/m1/s1. The Morgan fingerprint density at radius 2 is 1.16 bits per heavy atom. The van der Waals surface area contributed by atoms with Crippen molar-refractivity contribution in [1.82, 2.24) is 0 Å². The van der Waals surface area contributed by atoms with Gasteiger partial charge in [0.25, 0.3) is 0 Å².